The lowest BCUT2D eigenvalue weighted by atomic mass is 10.1. The number of likely N-dealkylation sites (tertiary alicyclic amines) is 2. The molecule has 0 amide bonds. The first-order chi connectivity index (χ1) is 9.81. The third kappa shape index (κ3) is 2.60. The zero-order valence-corrected chi connectivity index (χ0v) is 12.3. The van der Waals surface area contributed by atoms with Gasteiger partial charge in [0.25, 0.3) is 0 Å². The van der Waals surface area contributed by atoms with Crippen molar-refractivity contribution in [2.45, 2.75) is 31.5 Å². The van der Waals surface area contributed by atoms with E-state index in [0.29, 0.717) is 0 Å². The number of ether oxygens (including phenoxy) is 1. The fourth-order valence-corrected chi connectivity index (χ4v) is 3.72. The third-order valence-corrected chi connectivity index (χ3v) is 4.71. The van der Waals surface area contributed by atoms with Crippen LogP contribution in [0.4, 0.5) is 0 Å². The molecule has 0 spiro atoms. The molecule has 2 saturated heterocycles. The fourth-order valence-electron chi connectivity index (χ4n) is 3.72. The highest BCUT2D eigenvalue weighted by Gasteiger charge is 2.41. The van der Waals surface area contributed by atoms with Crippen LogP contribution in [-0.2, 0) is 6.54 Å². The average molecular weight is 272 g/mol. The average Bonchev–Trinajstić information content (AvgIpc) is 3.05. The van der Waals surface area contributed by atoms with Gasteiger partial charge in [-0.3, -0.25) is 9.80 Å². The molecular formula is C17H24N2O. The molecule has 2 aliphatic rings. The van der Waals surface area contributed by atoms with Gasteiger partial charge in [0.15, 0.2) is 0 Å². The van der Waals surface area contributed by atoms with Crippen LogP contribution in [0, 0.1) is 0 Å². The van der Waals surface area contributed by atoms with E-state index in [1.807, 2.05) is 6.08 Å². The lowest BCUT2D eigenvalue weighted by molar-refractivity contribution is 0.225. The molecule has 20 heavy (non-hydrogen) atoms. The minimum Gasteiger partial charge on any atom is -0.497 e. The van der Waals surface area contributed by atoms with Crippen molar-refractivity contribution in [3.63, 3.8) is 0 Å². The number of hydrogen-bond acceptors (Lipinski definition) is 3. The molecule has 3 rings (SSSR count). The quantitative estimate of drug-likeness (QED) is 0.766. The Labute approximate surface area is 121 Å². The number of hydrogen-bond donors (Lipinski definition) is 0. The Hall–Kier alpha value is -1.32. The number of methoxy groups -OCH3 is 1. The Morgan fingerprint density at radius 1 is 1.15 bits per heavy atom. The molecule has 1 aromatic carbocycles. The fraction of sp³-hybridized carbons (Fsp3) is 0.529. The second-order valence-corrected chi connectivity index (χ2v) is 5.81. The van der Waals surface area contributed by atoms with Crippen LogP contribution in [0.3, 0.4) is 0 Å². The first-order valence-electron chi connectivity index (χ1n) is 7.53. The van der Waals surface area contributed by atoms with E-state index >= 15 is 0 Å². The van der Waals surface area contributed by atoms with Crippen LogP contribution in [-0.4, -0.2) is 48.6 Å². The van der Waals surface area contributed by atoms with Crippen molar-refractivity contribution in [1.82, 2.24) is 9.80 Å². The van der Waals surface area contributed by atoms with Gasteiger partial charge >= 0.3 is 0 Å². The molecule has 108 valence electrons. The molecule has 0 aliphatic carbocycles. The van der Waals surface area contributed by atoms with E-state index in [4.69, 9.17) is 4.74 Å². The summed E-state index contributed by atoms with van der Waals surface area (Å²) < 4.78 is 5.22. The highest BCUT2D eigenvalue weighted by molar-refractivity contribution is 5.27. The van der Waals surface area contributed by atoms with Crippen LogP contribution in [0.2, 0.25) is 0 Å². The normalized spacial score (nSPS) is 26.6. The molecule has 0 aromatic heterocycles. The molecule has 2 heterocycles. The van der Waals surface area contributed by atoms with E-state index in [1.165, 1.54) is 31.5 Å². The number of fused-ring (bicyclic) bond motifs is 1. The van der Waals surface area contributed by atoms with Crippen molar-refractivity contribution in [2.75, 3.05) is 26.7 Å². The van der Waals surface area contributed by atoms with E-state index in [0.717, 1.165) is 30.9 Å². The Morgan fingerprint density at radius 2 is 1.80 bits per heavy atom. The van der Waals surface area contributed by atoms with Crippen molar-refractivity contribution in [1.29, 1.82) is 0 Å². The van der Waals surface area contributed by atoms with Crippen LogP contribution in [0.15, 0.2) is 36.9 Å². The maximum Gasteiger partial charge on any atom is 0.118 e. The summed E-state index contributed by atoms with van der Waals surface area (Å²) in [4.78, 5) is 5.24. The topological polar surface area (TPSA) is 15.7 Å². The van der Waals surface area contributed by atoms with Gasteiger partial charge in [-0.25, -0.2) is 0 Å². The smallest absolute Gasteiger partial charge is 0.118 e. The van der Waals surface area contributed by atoms with E-state index in [1.54, 1.807) is 7.11 Å². The summed E-state index contributed by atoms with van der Waals surface area (Å²) in [5.74, 6) is 0.936. The summed E-state index contributed by atoms with van der Waals surface area (Å²) in [6, 6.07) is 9.96. The Morgan fingerprint density at radius 3 is 2.45 bits per heavy atom. The van der Waals surface area contributed by atoms with E-state index in [9.17, 15) is 0 Å². The SMILES string of the molecule is C=CCN1CC[C@H]2[C@H]1CCN2Cc1ccc(OC)cc1. The minimum absolute atomic E-state index is 0.733. The molecule has 0 radical (unpaired) electrons. The van der Waals surface area contributed by atoms with Crippen LogP contribution in [0.5, 0.6) is 5.75 Å². The van der Waals surface area contributed by atoms with Gasteiger partial charge in [0.1, 0.15) is 5.75 Å². The van der Waals surface area contributed by atoms with Gasteiger partial charge < -0.3 is 4.74 Å². The maximum absolute atomic E-state index is 5.22. The summed E-state index contributed by atoms with van der Waals surface area (Å²) in [7, 11) is 1.72. The monoisotopic (exact) mass is 272 g/mol. The first kappa shape index (κ1) is 13.7. The zero-order valence-electron chi connectivity index (χ0n) is 12.3. The van der Waals surface area contributed by atoms with Crippen LogP contribution < -0.4 is 4.74 Å². The van der Waals surface area contributed by atoms with Crippen LogP contribution in [0.25, 0.3) is 0 Å². The van der Waals surface area contributed by atoms with Gasteiger partial charge in [-0.15, -0.1) is 6.58 Å². The summed E-state index contributed by atoms with van der Waals surface area (Å²) in [6.45, 7) is 8.42. The van der Waals surface area contributed by atoms with Gasteiger partial charge in [-0.05, 0) is 30.5 Å². The largest absolute Gasteiger partial charge is 0.497 e. The van der Waals surface area contributed by atoms with Crippen molar-refractivity contribution < 1.29 is 4.74 Å². The molecule has 2 atom stereocenters. The van der Waals surface area contributed by atoms with Crippen LogP contribution in [0.1, 0.15) is 18.4 Å². The molecule has 2 fully saturated rings. The predicted octanol–water partition coefficient (Wildman–Crippen LogP) is 2.53. The molecule has 0 unspecified atom stereocenters. The summed E-state index contributed by atoms with van der Waals surface area (Å²) in [5.41, 5.74) is 1.38. The van der Waals surface area contributed by atoms with Crippen molar-refractivity contribution >= 4 is 0 Å². The van der Waals surface area contributed by atoms with Crippen molar-refractivity contribution in [3.05, 3.63) is 42.5 Å². The molecule has 0 N–H and O–H groups in total. The Bertz CT molecular complexity index is 457. The lowest BCUT2D eigenvalue weighted by Gasteiger charge is -2.25. The first-order valence-corrected chi connectivity index (χ1v) is 7.53. The van der Waals surface area contributed by atoms with Gasteiger partial charge in [0, 0.05) is 38.3 Å². The summed E-state index contributed by atoms with van der Waals surface area (Å²) in [6.07, 6.45) is 4.64. The number of rotatable bonds is 5. The Kier molecular flexibility index (Phi) is 4.08. The molecular weight excluding hydrogens is 248 g/mol. The van der Waals surface area contributed by atoms with Gasteiger partial charge in [-0.2, -0.15) is 0 Å². The van der Waals surface area contributed by atoms with Gasteiger partial charge in [-0.1, -0.05) is 18.2 Å². The molecule has 3 nitrogen and oxygen atoms in total. The number of benzene rings is 1. The second-order valence-electron chi connectivity index (χ2n) is 5.81. The zero-order chi connectivity index (χ0) is 13.9. The second kappa shape index (κ2) is 5.98. The molecule has 1 aromatic rings. The number of nitrogens with zero attached hydrogens (tertiary/aromatic N) is 2. The maximum atomic E-state index is 5.22. The molecule has 2 aliphatic heterocycles. The highest BCUT2D eigenvalue weighted by atomic mass is 16.5. The lowest BCUT2D eigenvalue weighted by Crippen LogP contribution is -2.36. The third-order valence-electron chi connectivity index (χ3n) is 4.71. The summed E-state index contributed by atoms with van der Waals surface area (Å²) >= 11 is 0. The Balaban J connectivity index is 1.63. The summed E-state index contributed by atoms with van der Waals surface area (Å²) in [5, 5.41) is 0. The molecule has 3 heteroatoms. The molecule has 0 bridgehead atoms. The van der Waals surface area contributed by atoms with Gasteiger partial charge in [0.05, 0.1) is 7.11 Å². The van der Waals surface area contributed by atoms with E-state index < -0.39 is 0 Å². The van der Waals surface area contributed by atoms with E-state index in [-0.39, 0.29) is 0 Å². The van der Waals surface area contributed by atoms with Gasteiger partial charge in [0.2, 0.25) is 0 Å². The van der Waals surface area contributed by atoms with Crippen molar-refractivity contribution in [3.8, 4) is 5.75 Å². The predicted molar refractivity (Wildman–Crippen MR) is 82.0 cm³/mol. The van der Waals surface area contributed by atoms with E-state index in [2.05, 4.69) is 40.6 Å². The minimum atomic E-state index is 0.733. The van der Waals surface area contributed by atoms with Crippen LogP contribution >= 0.6 is 0 Å². The standard InChI is InChI=1S/C17H24N2O/c1-3-10-18-11-8-17-16(18)9-12-19(17)13-14-4-6-15(20-2)7-5-14/h3-7,16-17H,1,8-13H2,2H3/t16-,17+/m1/s1. The molecule has 0 saturated carbocycles. The van der Waals surface area contributed by atoms with Crippen molar-refractivity contribution in [2.24, 2.45) is 0 Å². The highest BCUT2D eigenvalue weighted by Crippen LogP contribution is 2.32.